The molecule has 24 heavy (non-hydrogen) atoms. The SMILES string of the molecule is CC(OC(=O)COc1ccc(Cl)cc1Br)C(=O)NC1CCCCC1. The summed E-state index contributed by atoms with van der Waals surface area (Å²) in [6.45, 7) is 1.29. The van der Waals surface area contributed by atoms with Crippen LogP contribution in [0.4, 0.5) is 0 Å². The molecule has 1 aromatic rings. The molecule has 1 fully saturated rings. The zero-order valence-corrected chi connectivity index (χ0v) is 15.9. The Morgan fingerprint density at radius 2 is 2.04 bits per heavy atom. The summed E-state index contributed by atoms with van der Waals surface area (Å²) in [6.07, 6.45) is 4.61. The van der Waals surface area contributed by atoms with Gasteiger partial charge in [0.05, 0.1) is 4.47 Å². The number of carbonyl (C=O) groups is 2. The fraction of sp³-hybridized carbons (Fsp3) is 0.529. The summed E-state index contributed by atoms with van der Waals surface area (Å²) in [5.74, 6) is -0.373. The van der Waals surface area contributed by atoms with Crippen molar-refractivity contribution in [3.8, 4) is 5.75 Å². The number of nitrogens with one attached hydrogen (secondary N) is 1. The van der Waals surface area contributed by atoms with Gasteiger partial charge in [-0.2, -0.15) is 0 Å². The lowest BCUT2D eigenvalue weighted by molar-refractivity contribution is -0.156. The molecular formula is C17H21BrClNO4. The fourth-order valence-electron chi connectivity index (χ4n) is 2.58. The van der Waals surface area contributed by atoms with E-state index in [0.29, 0.717) is 15.2 Å². The predicted molar refractivity (Wildman–Crippen MR) is 95.2 cm³/mol. The third-order valence-electron chi connectivity index (χ3n) is 3.87. The van der Waals surface area contributed by atoms with Crippen LogP contribution >= 0.6 is 27.5 Å². The molecule has 5 nitrogen and oxygen atoms in total. The molecule has 2 rings (SSSR count). The molecule has 1 aliphatic rings. The lowest BCUT2D eigenvalue weighted by Gasteiger charge is -2.24. The summed E-state index contributed by atoms with van der Waals surface area (Å²) >= 11 is 9.14. The second kappa shape index (κ2) is 9.28. The summed E-state index contributed by atoms with van der Waals surface area (Å²) in [5.41, 5.74) is 0. The number of hydrogen-bond acceptors (Lipinski definition) is 4. The van der Waals surface area contributed by atoms with Crippen molar-refractivity contribution in [2.24, 2.45) is 0 Å². The smallest absolute Gasteiger partial charge is 0.344 e. The van der Waals surface area contributed by atoms with Gasteiger partial charge in [0.25, 0.3) is 5.91 Å². The van der Waals surface area contributed by atoms with Gasteiger partial charge in [0.1, 0.15) is 5.75 Å². The number of hydrogen-bond donors (Lipinski definition) is 1. The Morgan fingerprint density at radius 1 is 1.33 bits per heavy atom. The molecule has 7 heteroatoms. The molecule has 0 spiro atoms. The summed E-state index contributed by atoms with van der Waals surface area (Å²) in [6, 6.07) is 5.17. The van der Waals surface area contributed by atoms with Crippen molar-refractivity contribution < 1.29 is 19.1 Å². The van der Waals surface area contributed by atoms with E-state index in [1.165, 1.54) is 6.42 Å². The van der Waals surface area contributed by atoms with E-state index in [-0.39, 0.29) is 18.6 Å². The average molecular weight is 419 g/mol. The van der Waals surface area contributed by atoms with E-state index in [1.807, 2.05) is 0 Å². The maximum atomic E-state index is 12.1. The van der Waals surface area contributed by atoms with Crippen LogP contribution < -0.4 is 10.1 Å². The summed E-state index contributed by atoms with van der Waals surface area (Å²) in [5, 5.41) is 3.49. The third-order valence-corrected chi connectivity index (χ3v) is 4.72. The molecule has 0 bridgehead atoms. The van der Waals surface area contributed by atoms with Crippen molar-refractivity contribution >= 4 is 39.4 Å². The lowest BCUT2D eigenvalue weighted by Crippen LogP contribution is -2.43. The Labute approximate surface area is 155 Å². The van der Waals surface area contributed by atoms with Crippen LogP contribution in [0.1, 0.15) is 39.0 Å². The quantitative estimate of drug-likeness (QED) is 0.713. The molecule has 1 unspecified atom stereocenters. The molecule has 132 valence electrons. The Kier molecular flexibility index (Phi) is 7.37. The van der Waals surface area contributed by atoms with Crippen LogP contribution in [0.2, 0.25) is 5.02 Å². The number of halogens is 2. The van der Waals surface area contributed by atoms with Crippen LogP contribution in [-0.4, -0.2) is 30.6 Å². The van der Waals surface area contributed by atoms with Crippen molar-refractivity contribution in [3.63, 3.8) is 0 Å². The average Bonchev–Trinajstić information content (AvgIpc) is 2.55. The highest BCUT2D eigenvalue weighted by atomic mass is 79.9. The number of ether oxygens (including phenoxy) is 2. The van der Waals surface area contributed by atoms with E-state index in [4.69, 9.17) is 21.1 Å². The van der Waals surface area contributed by atoms with Crippen LogP contribution in [0.15, 0.2) is 22.7 Å². The van der Waals surface area contributed by atoms with Crippen LogP contribution in [0, 0.1) is 0 Å². The zero-order chi connectivity index (χ0) is 17.5. The van der Waals surface area contributed by atoms with Crippen molar-refractivity contribution in [1.82, 2.24) is 5.32 Å². The second-order valence-corrected chi connectivity index (χ2v) is 7.13. The van der Waals surface area contributed by atoms with Gasteiger partial charge in [-0.15, -0.1) is 0 Å². The first-order chi connectivity index (χ1) is 11.5. The van der Waals surface area contributed by atoms with Gasteiger partial charge in [-0.3, -0.25) is 4.79 Å². The van der Waals surface area contributed by atoms with Gasteiger partial charge in [0.2, 0.25) is 0 Å². The van der Waals surface area contributed by atoms with Crippen molar-refractivity contribution in [3.05, 3.63) is 27.7 Å². The summed E-state index contributed by atoms with van der Waals surface area (Å²) in [4.78, 5) is 23.9. The van der Waals surface area contributed by atoms with E-state index in [2.05, 4.69) is 21.2 Å². The highest BCUT2D eigenvalue weighted by molar-refractivity contribution is 9.10. The molecule has 1 amide bonds. The van der Waals surface area contributed by atoms with E-state index >= 15 is 0 Å². The maximum Gasteiger partial charge on any atom is 0.344 e. The minimum atomic E-state index is -0.836. The molecule has 1 aromatic carbocycles. The van der Waals surface area contributed by atoms with Crippen molar-refractivity contribution in [2.75, 3.05) is 6.61 Å². The van der Waals surface area contributed by atoms with Crippen LogP contribution in [0.25, 0.3) is 0 Å². The first kappa shape index (κ1) is 19.1. The van der Waals surface area contributed by atoms with E-state index in [0.717, 1.165) is 25.7 Å². The van der Waals surface area contributed by atoms with Gasteiger partial charge in [-0.1, -0.05) is 30.9 Å². The number of carbonyl (C=O) groups excluding carboxylic acids is 2. The Morgan fingerprint density at radius 3 is 2.71 bits per heavy atom. The monoisotopic (exact) mass is 417 g/mol. The van der Waals surface area contributed by atoms with Crippen molar-refractivity contribution in [1.29, 1.82) is 0 Å². The van der Waals surface area contributed by atoms with E-state index in [9.17, 15) is 9.59 Å². The normalized spacial score (nSPS) is 16.3. The highest BCUT2D eigenvalue weighted by Gasteiger charge is 2.22. The number of esters is 1. The summed E-state index contributed by atoms with van der Waals surface area (Å²) in [7, 11) is 0. The topological polar surface area (TPSA) is 64.6 Å². The van der Waals surface area contributed by atoms with Gasteiger partial charge in [-0.25, -0.2) is 4.79 Å². The van der Waals surface area contributed by atoms with Crippen LogP contribution in [0.5, 0.6) is 5.75 Å². The highest BCUT2D eigenvalue weighted by Crippen LogP contribution is 2.27. The third kappa shape index (κ3) is 5.98. The van der Waals surface area contributed by atoms with Crippen molar-refractivity contribution in [2.45, 2.75) is 51.2 Å². The molecule has 0 radical (unpaired) electrons. The van der Waals surface area contributed by atoms with Gasteiger partial charge in [-0.05, 0) is 53.9 Å². The standard InChI is InChI=1S/C17H21BrClNO4/c1-11(17(22)20-13-5-3-2-4-6-13)24-16(21)10-23-15-8-7-12(19)9-14(15)18/h7-9,11,13H,2-6,10H2,1H3,(H,20,22). The number of amides is 1. The van der Waals surface area contributed by atoms with Gasteiger partial charge in [0, 0.05) is 11.1 Å². The minimum Gasteiger partial charge on any atom is -0.481 e. The molecule has 0 heterocycles. The van der Waals surface area contributed by atoms with E-state index < -0.39 is 12.1 Å². The Balaban J connectivity index is 1.75. The first-order valence-electron chi connectivity index (χ1n) is 8.03. The van der Waals surface area contributed by atoms with E-state index in [1.54, 1.807) is 25.1 Å². The second-order valence-electron chi connectivity index (χ2n) is 5.84. The van der Waals surface area contributed by atoms with Gasteiger partial charge >= 0.3 is 5.97 Å². The number of rotatable bonds is 6. The molecule has 0 aliphatic heterocycles. The fourth-order valence-corrected chi connectivity index (χ4v) is 3.38. The van der Waals surface area contributed by atoms with Crippen LogP contribution in [0.3, 0.4) is 0 Å². The molecule has 0 saturated heterocycles. The lowest BCUT2D eigenvalue weighted by atomic mass is 9.95. The van der Waals surface area contributed by atoms with Gasteiger partial charge in [0.15, 0.2) is 12.7 Å². The minimum absolute atomic E-state index is 0.189. The molecular weight excluding hydrogens is 398 g/mol. The predicted octanol–water partition coefficient (Wildman–Crippen LogP) is 3.86. The maximum absolute atomic E-state index is 12.1. The molecule has 1 N–H and O–H groups in total. The molecule has 1 atom stereocenters. The summed E-state index contributed by atoms with van der Waals surface area (Å²) < 4.78 is 11.1. The number of benzene rings is 1. The zero-order valence-electron chi connectivity index (χ0n) is 13.5. The Hall–Kier alpha value is -1.27. The van der Waals surface area contributed by atoms with Gasteiger partial charge < -0.3 is 14.8 Å². The molecule has 1 saturated carbocycles. The largest absolute Gasteiger partial charge is 0.481 e. The Bertz CT molecular complexity index is 590. The molecule has 0 aromatic heterocycles. The van der Waals surface area contributed by atoms with Crippen LogP contribution in [-0.2, 0) is 14.3 Å². The molecule has 1 aliphatic carbocycles. The first-order valence-corrected chi connectivity index (χ1v) is 9.20.